The maximum atomic E-state index is 12.4. The van der Waals surface area contributed by atoms with E-state index >= 15 is 0 Å². The van der Waals surface area contributed by atoms with Crippen molar-refractivity contribution in [1.82, 2.24) is 5.43 Å². The van der Waals surface area contributed by atoms with Gasteiger partial charge in [-0.05, 0) is 37.3 Å². The van der Waals surface area contributed by atoms with Gasteiger partial charge in [0.05, 0.1) is 39.7 Å². The second-order valence-electron chi connectivity index (χ2n) is 5.23. The van der Waals surface area contributed by atoms with E-state index in [1.807, 2.05) is 6.92 Å². The van der Waals surface area contributed by atoms with E-state index < -0.39 is 0 Å². The normalized spacial score (nSPS) is 10.6. The van der Waals surface area contributed by atoms with Gasteiger partial charge in [0.25, 0.3) is 5.91 Å². The van der Waals surface area contributed by atoms with Gasteiger partial charge in [-0.15, -0.1) is 0 Å². The number of carbonyl (C=O) groups excluding carboxylic acids is 1. The molecule has 0 heterocycles. The Morgan fingerprint density at radius 3 is 2.30 bits per heavy atom. The third kappa shape index (κ3) is 5.13. The Morgan fingerprint density at radius 2 is 1.74 bits per heavy atom. The number of nitrogens with zero attached hydrogens (tertiary/aromatic N) is 1. The van der Waals surface area contributed by atoms with E-state index in [1.54, 1.807) is 30.3 Å². The minimum Gasteiger partial charge on any atom is -0.493 e. The average Bonchev–Trinajstić information content (AvgIpc) is 2.68. The van der Waals surface area contributed by atoms with Gasteiger partial charge in [0, 0.05) is 10.0 Å². The Balaban J connectivity index is 2.20. The van der Waals surface area contributed by atoms with Crippen LogP contribution in [0.1, 0.15) is 22.8 Å². The van der Waals surface area contributed by atoms with Gasteiger partial charge in [0.1, 0.15) is 5.75 Å². The largest absolute Gasteiger partial charge is 0.493 e. The fraction of sp³-hybridized carbons (Fsp3) is 0.263. The molecular formula is C19H21BrN2O5. The Morgan fingerprint density at radius 1 is 1.07 bits per heavy atom. The molecule has 144 valence electrons. The molecule has 0 aliphatic carbocycles. The van der Waals surface area contributed by atoms with E-state index in [2.05, 4.69) is 26.5 Å². The third-order valence-electron chi connectivity index (χ3n) is 3.55. The number of hydrogen-bond donors (Lipinski definition) is 1. The van der Waals surface area contributed by atoms with Crippen LogP contribution in [0.25, 0.3) is 0 Å². The number of hydrazone groups is 1. The first-order valence-electron chi connectivity index (χ1n) is 8.09. The predicted molar refractivity (Wildman–Crippen MR) is 106 cm³/mol. The molecule has 27 heavy (non-hydrogen) atoms. The standard InChI is InChI=1S/C19H21BrN2O5/c1-5-27-15-7-6-13(20)10-14(15)19(23)22-21-11-12-8-16(24-2)18(26-4)17(9-12)25-3/h6-11H,5H2,1-4H3,(H,22,23)/b21-11-. The van der Waals surface area contributed by atoms with Crippen molar-refractivity contribution in [3.63, 3.8) is 0 Å². The zero-order chi connectivity index (χ0) is 19.8. The summed E-state index contributed by atoms with van der Waals surface area (Å²) >= 11 is 3.35. The van der Waals surface area contributed by atoms with Gasteiger partial charge in [-0.2, -0.15) is 5.10 Å². The van der Waals surface area contributed by atoms with Crippen LogP contribution in [0.2, 0.25) is 0 Å². The van der Waals surface area contributed by atoms with E-state index in [1.165, 1.54) is 27.5 Å². The Kier molecular flexibility index (Phi) is 7.48. The number of rotatable bonds is 8. The van der Waals surface area contributed by atoms with E-state index in [4.69, 9.17) is 18.9 Å². The van der Waals surface area contributed by atoms with Crippen molar-refractivity contribution in [2.45, 2.75) is 6.92 Å². The maximum Gasteiger partial charge on any atom is 0.275 e. The number of benzene rings is 2. The molecule has 0 saturated heterocycles. The van der Waals surface area contributed by atoms with Crippen LogP contribution >= 0.6 is 15.9 Å². The molecular weight excluding hydrogens is 416 g/mol. The zero-order valence-corrected chi connectivity index (χ0v) is 17.1. The molecule has 0 aliphatic rings. The molecule has 8 heteroatoms. The summed E-state index contributed by atoms with van der Waals surface area (Å²) in [7, 11) is 4.59. The van der Waals surface area contributed by atoms with Crippen LogP contribution in [0, 0.1) is 0 Å². The predicted octanol–water partition coefficient (Wildman–Crippen LogP) is 3.64. The molecule has 0 radical (unpaired) electrons. The first-order chi connectivity index (χ1) is 13.0. The number of methoxy groups -OCH3 is 3. The highest BCUT2D eigenvalue weighted by atomic mass is 79.9. The van der Waals surface area contributed by atoms with E-state index in [0.29, 0.717) is 40.7 Å². The van der Waals surface area contributed by atoms with Crippen LogP contribution in [0.4, 0.5) is 0 Å². The summed E-state index contributed by atoms with van der Waals surface area (Å²) in [5.74, 6) is 1.58. The van der Waals surface area contributed by atoms with Crippen molar-refractivity contribution >= 4 is 28.1 Å². The lowest BCUT2D eigenvalue weighted by molar-refractivity contribution is 0.0951. The summed E-state index contributed by atoms with van der Waals surface area (Å²) in [4.78, 5) is 12.4. The van der Waals surface area contributed by atoms with Crippen LogP contribution in [0.15, 0.2) is 39.9 Å². The minimum atomic E-state index is -0.386. The molecule has 0 aliphatic heterocycles. The number of ether oxygens (including phenoxy) is 4. The SMILES string of the molecule is CCOc1ccc(Br)cc1C(=O)N/N=C\c1cc(OC)c(OC)c(OC)c1. The number of halogens is 1. The highest BCUT2D eigenvalue weighted by Gasteiger charge is 2.14. The topological polar surface area (TPSA) is 78.4 Å². The van der Waals surface area contributed by atoms with Gasteiger partial charge in [0.15, 0.2) is 11.5 Å². The lowest BCUT2D eigenvalue weighted by Crippen LogP contribution is -2.18. The monoisotopic (exact) mass is 436 g/mol. The van der Waals surface area contributed by atoms with Crippen molar-refractivity contribution < 1.29 is 23.7 Å². The van der Waals surface area contributed by atoms with E-state index in [9.17, 15) is 4.79 Å². The molecule has 1 N–H and O–H groups in total. The molecule has 2 aromatic carbocycles. The van der Waals surface area contributed by atoms with Gasteiger partial charge < -0.3 is 18.9 Å². The second-order valence-corrected chi connectivity index (χ2v) is 6.15. The van der Waals surface area contributed by atoms with Gasteiger partial charge in [0.2, 0.25) is 5.75 Å². The summed E-state index contributed by atoms with van der Waals surface area (Å²) in [5, 5.41) is 4.01. The van der Waals surface area contributed by atoms with Crippen molar-refractivity contribution in [2.75, 3.05) is 27.9 Å². The molecule has 2 rings (SSSR count). The Hall–Kier alpha value is -2.74. The molecule has 0 unspecified atom stereocenters. The lowest BCUT2D eigenvalue weighted by Gasteiger charge is -2.12. The fourth-order valence-electron chi connectivity index (χ4n) is 2.36. The summed E-state index contributed by atoms with van der Waals surface area (Å²) in [6, 6.07) is 8.66. The van der Waals surface area contributed by atoms with E-state index in [0.717, 1.165) is 4.47 Å². The highest BCUT2D eigenvalue weighted by Crippen LogP contribution is 2.37. The van der Waals surface area contributed by atoms with Crippen molar-refractivity contribution in [3.05, 3.63) is 45.9 Å². The third-order valence-corrected chi connectivity index (χ3v) is 4.05. The molecule has 7 nitrogen and oxygen atoms in total. The quantitative estimate of drug-likeness (QED) is 0.504. The van der Waals surface area contributed by atoms with Crippen LogP contribution < -0.4 is 24.4 Å². The fourth-order valence-corrected chi connectivity index (χ4v) is 2.72. The van der Waals surface area contributed by atoms with Crippen molar-refractivity contribution in [1.29, 1.82) is 0 Å². The summed E-state index contributed by atoms with van der Waals surface area (Å²) in [6.07, 6.45) is 1.49. The lowest BCUT2D eigenvalue weighted by atomic mass is 10.2. The van der Waals surface area contributed by atoms with Gasteiger partial charge in [-0.25, -0.2) is 5.43 Å². The first-order valence-corrected chi connectivity index (χ1v) is 8.89. The molecule has 1 amide bonds. The van der Waals surface area contributed by atoms with Crippen molar-refractivity contribution in [3.8, 4) is 23.0 Å². The molecule has 0 atom stereocenters. The van der Waals surface area contributed by atoms with Crippen molar-refractivity contribution in [2.24, 2.45) is 5.10 Å². The number of nitrogens with one attached hydrogen (secondary N) is 1. The van der Waals surface area contributed by atoms with Gasteiger partial charge in [-0.1, -0.05) is 15.9 Å². The molecule has 0 bridgehead atoms. The van der Waals surface area contributed by atoms with Gasteiger partial charge in [-0.3, -0.25) is 4.79 Å². The smallest absolute Gasteiger partial charge is 0.275 e. The summed E-state index contributed by atoms with van der Waals surface area (Å²) in [6.45, 7) is 2.31. The summed E-state index contributed by atoms with van der Waals surface area (Å²) < 4.78 is 22.1. The Bertz CT molecular complexity index is 814. The van der Waals surface area contributed by atoms with Crippen LogP contribution in [-0.2, 0) is 0 Å². The van der Waals surface area contributed by atoms with E-state index in [-0.39, 0.29) is 5.91 Å². The molecule has 0 saturated carbocycles. The summed E-state index contributed by atoms with van der Waals surface area (Å²) in [5.41, 5.74) is 3.55. The van der Waals surface area contributed by atoms with Crippen LogP contribution in [-0.4, -0.2) is 40.1 Å². The maximum absolute atomic E-state index is 12.4. The van der Waals surface area contributed by atoms with Gasteiger partial charge >= 0.3 is 0 Å². The van der Waals surface area contributed by atoms with Crippen LogP contribution in [0.3, 0.4) is 0 Å². The average molecular weight is 437 g/mol. The molecule has 0 aromatic heterocycles. The Labute approximate surface area is 166 Å². The number of amides is 1. The second kappa shape index (κ2) is 9.82. The first kappa shape index (κ1) is 20.6. The zero-order valence-electron chi connectivity index (χ0n) is 15.5. The molecule has 0 spiro atoms. The van der Waals surface area contributed by atoms with Crippen LogP contribution in [0.5, 0.6) is 23.0 Å². The highest BCUT2D eigenvalue weighted by molar-refractivity contribution is 9.10. The minimum absolute atomic E-state index is 0.383. The number of carbonyl (C=O) groups is 1. The number of hydrogen-bond acceptors (Lipinski definition) is 6. The molecule has 0 fully saturated rings. The molecule has 2 aromatic rings.